The summed E-state index contributed by atoms with van der Waals surface area (Å²) in [5.41, 5.74) is 3.26. The molecule has 0 unspecified atom stereocenters. The summed E-state index contributed by atoms with van der Waals surface area (Å²) in [6.45, 7) is 9.65. The number of nitrogens with zero attached hydrogens (tertiary/aromatic N) is 5. The lowest BCUT2D eigenvalue weighted by Gasteiger charge is -2.53. The zero-order chi connectivity index (χ0) is 30.3. The number of aliphatic hydroxyl groups is 1. The van der Waals surface area contributed by atoms with E-state index in [-0.39, 0.29) is 60.8 Å². The van der Waals surface area contributed by atoms with Crippen LogP contribution in [0.25, 0.3) is 0 Å². The summed E-state index contributed by atoms with van der Waals surface area (Å²) in [5, 5.41) is 9.62. The lowest BCUT2D eigenvalue weighted by molar-refractivity contribution is -0.139. The topological polar surface area (TPSA) is 100 Å². The monoisotopic (exact) mass is 661 g/mol. The van der Waals surface area contributed by atoms with Crippen molar-refractivity contribution in [2.45, 2.75) is 51.4 Å². The number of ether oxygens (including phenoxy) is 3. The van der Waals surface area contributed by atoms with Gasteiger partial charge in [-0.2, -0.15) is 9.97 Å². The highest BCUT2D eigenvalue weighted by molar-refractivity contribution is 5.85. The molecule has 1 amide bonds. The highest BCUT2D eigenvalue weighted by Crippen LogP contribution is 2.37. The molecule has 2 saturated heterocycles. The zero-order valence-corrected chi connectivity index (χ0v) is 28.0. The maximum absolute atomic E-state index is 12.6. The first-order valence-corrected chi connectivity index (χ1v) is 15.1. The average Bonchev–Trinajstić information content (AvgIpc) is 3.02. The number of methoxy groups -OCH3 is 1. The van der Waals surface area contributed by atoms with Gasteiger partial charge < -0.3 is 24.2 Å². The Labute approximate surface area is 278 Å². The number of benzene rings is 2. The van der Waals surface area contributed by atoms with Gasteiger partial charge in [0.1, 0.15) is 6.61 Å². The van der Waals surface area contributed by atoms with Gasteiger partial charge in [0, 0.05) is 57.3 Å². The number of fused-ring (bicyclic) bond motifs is 1. The van der Waals surface area contributed by atoms with Crippen molar-refractivity contribution in [3.05, 3.63) is 77.4 Å². The second kappa shape index (κ2) is 17.0. The normalized spacial score (nSPS) is 18.5. The summed E-state index contributed by atoms with van der Waals surface area (Å²) in [4.78, 5) is 28.5. The van der Waals surface area contributed by atoms with Crippen LogP contribution in [0.2, 0.25) is 0 Å². The molecule has 2 aliphatic heterocycles. The van der Waals surface area contributed by atoms with E-state index in [4.69, 9.17) is 14.2 Å². The smallest absolute Gasteiger partial charge is 0.323 e. The van der Waals surface area contributed by atoms with Gasteiger partial charge in [-0.15, -0.1) is 24.8 Å². The van der Waals surface area contributed by atoms with Crippen molar-refractivity contribution >= 4 is 30.7 Å². The van der Waals surface area contributed by atoms with Gasteiger partial charge in [-0.3, -0.25) is 14.6 Å². The number of halogens is 2. The highest BCUT2D eigenvalue weighted by Gasteiger charge is 2.43. The van der Waals surface area contributed by atoms with Crippen LogP contribution < -0.4 is 14.2 Å². The molecule has 12 heteroatoms. The fourth-order valence-corrected chi connectivity index (χ4v) is 6.39. The Morgan fingerprint density at radius 1 is 0.933 bits per heavy atom. The molecule has 2 aliphatic rings. The molecule has 3 aromatic rings. The lowest BCUT2D eigenvalue weighted by atomic mass is 9.81. The highest BCUT2D eigenvalue weighted by atomic mass is 35.5. The molecule has 2 fully saturated rings. The van der Waals surface area contributed by atoms with Gasteiger partial charge in [0.15, 0.2) is 0 Å². The van der Waals surface area contributed by atoms with E-state index in [0.29, 0.717) is 38.0 Å². The van der Waals surface area contributed by atoms with E-state index in [1.165, 1.54) is 11.1 Å². The second-order valence-corrected chi connectivity index (χ2v) is 11.3. The van der Waals surface area contributed by atoms with Crippen molar-refractivity contribution in [3.63, 3.8) is 0 Å². The second-order valence-electron chi connectivity index (χ2n) is 11.3. The fraction of sp³-hybridized carbons (Fsp3) is 0.485. The van der Waals surface area contributed by atoms with E-state index < -0.39 is 6.61 Å². The number of rotatable bonds is 11. The third-order valence-electron chi connectivity index (χ3n) is 8.17. The van der Waals surface area contributed by atoms with Crippen LogP contribution in [-0.4, -0.2) is 107 Å². The maximum atomic E-state index is 12.6. The Morgan fingerprint density at radius 2 is 1.56 bits per heavy atom. The molecule has 1 N–H and O–H groups in total. The number of aromatic nitrogens is 2. The van der Waals surface area contributed by atoms with Crippen molar-refractivity contribution in [1.82, 2.24) is 24.7 Å². The predicted molar refractivity (Wildman–Crippen MR) is 178 cm³/mol. The molecule has 0 radical (unpaired) electrons. The average molecular weight is 663 g/mol. The number of hydrogen-bond acceptors (Lipinski definition) is 9. The van der Waals surface area contributed by atoms with E-state index in [0.717, 1.165) is 25.2 Å². The molecule has 5 rings (SSSR count). The number of piperazine rings is 2. The number of aliphatic hydroxyl groups excluding tert-OH is 1. The Hall–Kier alpha value is -3.15. The Morgan fingerprint density at radius 3 is 2.11 bits per heavy atom. The first-order valence-electron chi connectivity index (χ1n) is 15.1. The van der Waals surface area contributed by atoms with Gasteiger partial charge in [-0.05, 0) is 31.9 Å². The summed E-state index contributed by atoms with van der Waals surface area (Å²) in [5.74, 6) is 0.756. The fourth-order valence-electron chi connectivity index (χ4n) is 6.39. The van der Waals surface area contributed by atoms with E-state index >= 15 is 0 Å². The van der Waals surface area contributed by atoms with Crippen LogP contribution in [0.15, 0.2) is 60.7 Å². The number of amides is 1. The molecule has 45 heavy (non-hydrogen) atoms. The van der Waals surface area contributed by atoms with Crippen molar-refractivity contribution in [2.24, 2.45) is 0 Å². The minimum Gasteiger partial charge on any atom is -0.481 e. The summed E-state index contributed by atoms with van der Waals surface area (Å²) in [6.07, 6.45) is -0.102. The number of hydrogen-bond donors (Lipinski definition) is 1. The largest absolute Gasteiger partial charge is 0.481 e. The standard InChI is InChI=1S/C33H43N5O5.2ClH/c1-5-42-33-34-31(41-4)27(32(35-33)43-23(2)3)20-36-18-26-19-37(29(40)22-39)16-17-38(26)28(21-36)30(24-12-8-6-9-13-24)25-14-10-7-11-15-25;;/h6-15,23,26,28,30,39H,5,16-22H2,1-4H3;2*1H/t26-,28+;;/m1../s1. The molecular formula is C33H45Cl2N5O5. The van der Waals surface area contributed by atoms with Gasteiger partial charge in [0.05, 0.1) is 25.4 Å². The quantitative estimate of drug-likeness (QED) is 0.326. The van der Waals surface area contributed by atoms with Crippen LogP contribution in [-0.2, 0) is 11.3 Å². The molecular weight excluding hydrogens is 617 g/mol. The van der Waals surface area contributed by atoms with Crippen molar-refractivity contribution in [3.8, 4) is 17.8 Å². The molecule has 246 valence electrons. The molecule has 0 saturated carbocycles. The molecule has 3 heterocycles. The van der Waals surface area contributed by atoms with Gasteiger partial charge in [0.2, 0.25) is 17.7 Å². The summed E-state index contributed by atoms with van der Waals surface area (Å²) < 4.78 is 17.5. The van der Waals surface area contributed by atoms with Gasteiger partial charge in [-0.1, -0.05) is 60.7 Å². The Balaban J connectivity index is 0.00000276. The van der Waals surface area contributed by atoms with E-state index in [9.17, 15) is 9.90 Å². The lowest BCUT2D eigenvalue weighted by Crippen LogP contribution is -2.67. The molecule has 2 aromatic carbocycles. The minimum atomic E-state index is -0.479. The van der Waals surface area contributed by atoms with Gasteiger partial charge >= 0.3 is 6.01 Å². The molecule has 0 spiro atoms. The summed E-state index contributed by atoms with van der Waals surface area (Å²) in [7, 11) is 1.60. The van der Waals surface area contributed by atoms with Crippen molar-refractivity contribution in [1.29, 1.82) is 0 Å². The van der Waals surface area contributed by atoms with Crippen LogP contribution in [0.1, 0.15) is 43.4 Å². The molecule has 2 atom stereocenters. The predicted octanol–water partition coefficient (Wildman–Crippen LogP) is 4.04. The van der Waals surface area contributed by atoms with Crippen molar-refractivity contribution in [2.75, 3.05) is 53.0 Å². The first kappa shape index (κ1) is 36.3. The molecule has 10 nitrogen and oxygen atoms in total. The number of carbonyl (C=O) groups is 1. The first-order chi connectivity index (χ1) is 20.9. The van der Waals surface area contributed by atoms with Crippen LogP contribution in [0, 0.1) is 0 Å². The Kier molecular flexibility index (Phi) is 13.7. The summed E-state index contributed by atoms with van der Waals surface area (Å²) >= 11 is 0. The number of carbonyl (C=O) groups excluding carboxylic acids is 1. The zero-order valence-electron chi connectivity index (χ0n) is 26.4. The van der Waals surface area contributed by atoms with Gasteiger partial charge in [0.25, 0.3) is 0 Å². The summed E-state index contributed by atoms with van der Waals surface area (Å²) in [6, 6.07) is 21.7. The van der Waals surface area contributed by atoms with Crippen molar-refractivity contribution < 1.29 is 24.1 Å². The SMILES string of the molecule is CCOc1nc(OC)c(CN2C[C@@H]3CN(C(=O)CO)CCN3[C@H](C(c3ccccc3)c3ccccc3)C2)c(OC(C)C)n1.Cl.Cl. The van der Waals surface area contributed by atoms with Gasteiger partial charge in [-0.25, -0.2) is 0 Å². The van der Waals surface area contributed by atoms with E-state index in [1.54, 1.807) is 12.0 Å². The molecule has 0 aliphatic carbocycles. The van der Waals surface area contributed by atoms with Crippen LogP contribution in [0.4, 0.5) is 0 Å². The Bertz CT molecular complexity index is 1310. The van der Waals surface area contributed by atoms with Crippen LogP contribution in [0.3, 0.4) is 0 Å². The maximum Gasteiger partial charge on any atom is 0.323 e. The minimum absolute atomic E-state index is 0. The van der Waals surface area contributed by atoms with E-state index in [1.807, 2.05) is 20.8 Å². The third kappa shape index (κ3) is 8.56. The molecule has 0 bridgehead atoms. The third-order valence-corrected chi connectivity index (χ3v) is 8.17. The van der Waals surface area contributed by atoms with E-state index in [2.05, 4.69) is 80.4 Å². The molecule has 1 aromatic heterocycles. The van der Waals surface area contributed by atoms with Crippen LogP contribution >= 0.6 is 24.8 Å². The van der Waals surface area contributed by atoms with Crippen LogP contribution in [0.5, 0.6) is 17.8 Å².